The highest BCUT2D eigenvalue weighted by Gasteiger charge is 2.13. The lowest BCUT2D eigenvalue weighted by Gasteiger charge is -2.05. The first kappa shape index (κ1) is 13.2. The molecule has 0 amide bonds. The van der Waals surface area contributed by atoms with Crippen LogP contribution in [0.2, 0.25) is 0 Å². The number of hydrogen-bond acceptors (Lipinski definition) is 1. The van der Waals surface area contributed by atoms with Crippen LogP contribution in [0.4, 0.5) is 8.78 Å². The van der Waals surface area contributed by atoms with Gasteiger partial charge in [-0.1, -0.05) is 60.3 Å². The Hall–Kier alpha value is -1.81. The maximum Gasteiger partial charge on any atom is 0.288 e. The average Bonchev–Trinajstić information content (AvgIpc) is 2.78. The van der Waals surface area contributed by atoms with Crippen molar-refractivity contribution in [1.29, 1.82) is 0 Å². The van der Waals surface area contributed by atoms with E-state index >= 15 is 0 Å². The lowest BCUT2D eigenvalue weighted by atomic mass is 10.2. The quantitative estimate of drug-likeness (QED) is 0.612. The van der Waals surface area contributed by atoms with Gasteiger partial charge in [-0.2, -0.15) is 8.78 Å². The van der Waals surface area contributed by atoms with E-state index in [0.29, 0.717) is 23.2 Å². The number of alkyl halides is 2. The summed E-state index contributed by atoms with van der Waals surface area (Å²) in [6, 6.07) is 17.7. The number of halogens is 2. The van der Waals surface area contributed by atoms with E-state index in [1.54, 1.807) is 0 Å². The lowest BCUT2D eigenvalue weighted by molar-refractivity contribution is 0.252. The van der Waals surface area contributed by atoms with Crippen LogP contribution in [-0.4, -0.2) is 10.3 Å². The van der Waals surface area contributed by atoms with Gasteiger partial charge in [-0.15, -0.1) is 0 Å². The summed E-state index contributed by atoms with van der Waals surface area (Å²) in [5.74, 6) is -2.40. The van der Waals surface area contributed by atoms with Gasteiger partial charge in [0.1, 0.15) is 0 Å². The van der Waals surface area contributed by atoms with Gasteiger partial charge in [0, 0.05) is 28.5 Å². The molecule has 3 aromatic rings. The van der Waals surface area contributed by atoms with Crippen molar-refractivity contribution in [2.45, 2.75) is 17.2 Å². The third-order valence-electron chi connectivity index (χ3n) is 3.16. The topological polar surface area (TPSA) is 4.93 Å². The molecule has 0 aliphatic heterocycles. The zero-order valence-corrected chi connectivity index (χ0v) is 11.5. The molecule has 0 N–H and O–H groups in total. The first-order chi connectivity index (χ1) is 9.74. The van der Waals surface area contributed by atoms with Gasteiger partial charge in [0.25, 0.3) is 5.76 Å². The molecule has 1 heterocycles. The third-order valence-corrected chi connectivity index (χ3v) is 3.92. The summed E-state index contributed by atoms with van der Waals surface area (Å²) in [7, 11) is 0. The molecule has 0 atom stereocenters. The highest BCUT2D eigenvalue weighted by molar-refractivity contribution is 7.99. The van der Waals surface area contributed by atoms with Gasteiger partial charge in [-0.25, -0.2) is 0 Å². The minimum absolute atomic E-state index is 0.605. The Morgan fingerprint density at radius 1 is 0.950 bits per heavy atom. The average molecular weight is 289 g/mol. The number of thioether (sulfide) groups is 1. The van der Waals surface area contributed by atoms with E-state index in [-0.39, 0.29) is 0 Å². The largest absolute Gasteiger partial charge is 0.342 e. The summed E-state index contributed by atoms with van der Waals surface area (Å²) in [4.78, 5) is 0.631. The van der Waals surface area contributed by atoms with Crippen LogP contribution in [0.3, 0.4) is 0 Å². The Balaban J connectivity index is 2.02. The van der Waals surface area contributed by atoms with Crippen molar-refractivity contribution < 1.29 is 8.78 Å². The molecule has 3 rings (SSSR count). The molecule has 4 heteroatoms. The summed E-state index contributed by atoms with van der Waals surface area (Å²) in [6.45, 7) is 0.686. The van der Waals surface area contributed by atoms with Crippen molar-refractivity contribution in [3.63, 3.8) is 0 Å². The van der Waals surface area contributed by atoms with E-state index in [9.17, 15) is 8.78 Å². The first-order valence-corrected chi connectivity index (χ1v) is 7.18. The zero-order valence-electron chi connectivity index (χ0n) is 10.7. The molecule has 0 unspecified atom stereocenters. The Kier molecular flexibility index (Phi) is 3.74. The molecule has 0 radical (unpaired) electrons. The second kappa shape index (κ2) is 5.67. The second-order valence-corrected chi connectivity index (χ2v) is 5.53. The van der Waals surface area contributed by atoms with Crippen LogP contribution in [-0.2, 0) is 6.54 Å². The van der Waals surface area contributed by atoms with Gasteiger partial charge in [0.05, 0.1) is 0 Å². The van der Waals surface area contributed by atoms with Crippen LogP contribution < -0.4 is 0 Å². The van der Waals surface area contributed by atoms with Crippen molar-refractivity contribution in [3.8, 4) is 0 Å². The molecule has 102 valence electrons. The molecule has 0 aliphatic carbocycles. The van der Waals surface area contributed by atoms with E-state index in [4.69, 9.17) is 0 Å². The van der Waals surface area contributed by atoms with Crippen LogP contribution >= 0.6 is 11.8 Å². The maximum absolute atomic E-state index is 12.6. The summed E-state index contributed by atoms with van der Waals surface area (Å²) in [5, 5.41) is 0.883. The van der Waals surface area contributed by atoms with E-state index in [1.165, 1.54) is 0 Å². The minimum Gasteiger partial charge on any atom is -0.342 e. The molecule has 20 heavy (non-hydrogen) atoms. The van der Waals surface area contributed by atoms with E-state index in [0.717, 1.165) is 16.5 Å². The predicted octanol–water partition coefficient (Wildman–Crippen LogP) is 5.00. The Bertz CT molecular complexity index is 707. The molecule has 0 bridgehead atoms. The van der Waals surface area contributed by atoms with Crippen molar-refractivity contribution in [2.24, 2.45) is 0 Å². The predicted molar refractivity (Wildman–Crippen MR) is 79.3 cm³/mol. The molecule has 0 saturated carbocycles. The van der Waals surface area contributed by atoms with E-state index in [1.807, 2.05) is 65.4 Å². The summed E-state index contributed by atoms with van der Waals surface area (Å²) >= 11 is 0.605. The van der Waals surface area contributed by atoms with Gasteiger partial charge >= 0.3 is 0 Å². The highest BCUT2D eigenvalue weighted by atomic mass is 32.2. The SMILES string of the molecule is FC(F)Sc1cn(Cc2ccccc2)c2ccccc12. The van der Waals surface area contributed by atoms with Crippen LogP contribution in [0.15, 0.2) is 65.7 Å². The number of para-hydroxylation sites is 1. The second-order valence-electron chi connectivity index (χ2n) is 4.50. The number of benzene rings is 2. The standard InChI is InChI=1S/C16H13F2NS/c17-16(18)20-15-11-19(10-12-6-2-1-3-7-12)14-9-5-4-8-13(14)15/h1-9,11,16H,10H2. The third kappa shape index (κ3) is 2.70. The van der Waals surface area contributed by atoms with Crippen molar-refractivity contribution >= 4 is 22.7 Å². The molecule has 0 aliphatic rings. The van der Waals surface area contributed by atoms with Crippen molar-refractivity contribution in [3.05, 3.63) is 66.4 Å². The molecule has 2 aromatic carbocycles. The fraction of sp³-hybridized carbons (Fsp3) is 0.125. The number of aromatic nitrogens is 1. The normalized spacial score (nSPS) is 11.3. The molecule has 1 aromatic heterocycles. The van der Waals surface area contributed by atoms with Crippen molar-refractivity contribution in [2.75, 3.05) is 0 Å². The number of fused-ring (bicyclic) bond motifs is 1. The molecule has 1 nitrogen and oxygen atoms in total. The lowest BCUT2D eigenvalue weighted by Crippen LogP contribution is -1.97. The monoisotopic (exact) mass is 289 g/mol. The van der Waals surface area contributed by atoms with Gasteiger partial charge in [-0.05, 0) is 11.6 Å². The zero-order chi connectivity index (χ0) is 13.9. The Morgan fingerprint density at radius 2 is 1.65 bits per heavy atom. The fourth-order valence-electron chi connectivity index (χ4n) is 2.31. The summed E-state index contributed by atoms with van der Waals surface area (Å²) < 4.78 is 27.3. The molecular formula is C16H13F2NS. The Labute approximate surface area is 120 Å². The molecule has 0 fully saturated rings. The van der Waals surface area contributed by atoms with E-state index in [2.05, 4.69) is 0 Å². The number of hydrogen-bond donors (Lipinski definition) is 0. The molecule has 0 saturated heterocycles. The smallest absolute Gasteiger partial charge is 0.288 e. The van der Waals surface area contributed by atoms with Crippen LogP contribution in [0.25, 0.3) is 10.9 Å². The number of nitrogens with zero attached hydrogens (tertiary/aromatic N) is 1. The Morgan fingerprint density at radius 3 is 2.40 bits per heavy atom. The highest BCUT2D eigenvalue weighted by Crippen LogP contribution is 2.33. The molecular weight excluding hydrogens is 276 g/mol. The number of rotatable bonds is 4. The van der Waals surface area contributed by atoms with Crippen LogP contribution in [0, 0.1) is 0 Å². The maximum atomic E-state index is 12.6. The van der Waals surface area contributed by atoms with Crippen LogP contribution in [0.1, 0.15) is 5.56 Å². The van der Waals surface area contributed by atoms with Gasteiger partial charge in [0.15, 0.2) is 0 Å². The molecule has 0 spiro atoms. The van der Waals surface area contributed by atoms with Crippen LogP contribution in [0.5, 0.6) is 0 Å². The fourth-order valence-corrected chi connectivity index (χ4v) is 2.99. The van der Waals surface area contributed by atoms with E-state index < -0.39 is 5.76 Å². The van der Waals surface area contributed by atoms with Gasteiger partial charge in [0.2, 0.25) is 0 Å². The summed E-state index contributed by atoms with van der Waals surface area (Å²) in [5.41, 5.74) is 2.14. The van der Waals surface area contributed by atoms with Gasteiger partial charge in [-0.3, -0.25) is 0 Å². The summed E-state index contributed by atoms with van der Waals surface area (Å²) in [6.07, 6.45) is 1.81. The minimum atomic E-state index is -2.40. The first-order valence-electron chi connectivity index (χ1n) is 6.30. The van der Waals surface area contributed by atoms with Crippen molar-refractivity contribution in [1.82, 2.24) is 4.57 Å². The van der Waals surface area contributed by atoms with Gasteiger partial charge < -0.3 is 4.57 Å².